The van der Waals surface area contributed by atoms with Gasteiger partial charge in [0.05, 0.1) is 0 Å². The Bertz CT molecular complexity index is 455. The van der Waals surface area contributed by atoms with Gasteiger partial charge in [0, 0.05) is 10.3 Å². The smallest absolute Gasteiger partial charge is 0.164 e. The summed E-state index contributed by atoms with van der Waals surface area (Å²) in [5.74, 6) is -0.232. The zero-order chi connectivity index (χ0) is 9.42. The van der Waals surface area contributed by atoms with Gasteiger partial charge in [0.25, 0.3) is 0 Å². The number of halogens is 2. The standard InChI is InChI=1S/C8H6FIN2S/c1-13-5-3-2-4-7(6(5)9)11-12-8(4)10/h2-3H,1H3,(H,11,12). The number of H-pyrrole nitrogens is 1. The maximum absolute atomic E-state index is 13.6. The molecule has 1 heterocycles. The van der Waals surface area contributed by atoms with E-state index in [0.717, 1.165) is 9.09 Å². The van der Waals surface area contributed by atoms with Crippen LogP contribution in [-0.2, 0) is 0 Å². The maximum Gasteiger partial charge on any atom is 0.164 e. The maximum atomic E-state index is 13.6. The highest BCUT2D eigenvalue weighted by molar-refractivity contribution is 14.1. The summed E-state index contributed by atoms with van der Waals surface area (Å²) in [6, 6.07) is 3.66. The van der Waals surface area contributed by atoms with Gasteiger partial charge in [0.2, 0.25) is 0 Å². The molecule has 0 atom stereocenters. The molecule has 0 aliphatic heterocycles. The van der Waals surface area contributed by atoms with E-state index in [1.807, 2.05) is 12.3 Å². The second-order valence-corrected chi connectivity index (χ2v) is 4.44. The fourth-order valence-electron chi connectivity index (χ4n) is 1.16. The van der Waals surface area contributed by atoms with Crippen molar-refractivity contribution in [3.05, 3.63) is 21.7 Å². The molecule has 2 rings (SSSR count). The van der Waals surface area contributed by atoms with Gasteiger partial charge < -0.3 is 0 Å². The van der Waals surface area contributed by atoms with Gasteiger partial charge in [-0.3, -0.25) is 5.10 Å². The van der Waals surface area contributed by atoms with Crippen LogP contribution in [0.3, 0.4) is 0 Å². The van der Waals surface area contributed by atoms with E-state index < -0.39 is 0 Å². The van der Waals surface area contributed by atoms with Crippen LogP contribution in [0.25, 0.3) is 10.9 Å². The van der Waals surface area contributed by atoms with E-state index in [0.29, 0.717) is 10.4 Å². The van der Waals surface area contributed by atoms with Gasteiger partial charge in [-0.05, 0) is 41.0 Å². The molecule has 1 N–H and O–H groups in total. The number of fused-ring (bicyclic) bond motifs is 1. The number of nitrogens with zero attached hydrogens (tertiary/aromatic N) is 1. The Morgan fingerprint density at radius 3 is 3.00 bits per heavy atom. The Hall–Kier alpha value is -0.300. The predicted octanol–water partition coefficient (Wildman–Crippen LogP) is 3.03. The average Bonchev–Trinajstić information content (AvgIpc) is 2.50. The van der Waals surface area contributed by atoms with Crippen molar-refractivity contribution in [1.82, 2.24) is 10.2 Å². The van der Waals surface area contributed by atoms with E-state index in [1.165, 1.54) is 11.8 Å². The largest absolute Gasteiger partial charge is 0.271 e. The molecule has 1 aromatic heterocycles. The van der Waals surface area contributed by atoms with Crippen molar-refractivity contribution in [1.29, 1.82) is 0 Å². The van der Waals surface area contributed by atoms with Crippen LogP contribution in [0.2, 0.25) is 0 Å². The highest BCUT2D eigenvalue weighted by atomic mass is 127. The molecule has 2 nitrogen and oxygen atoms in total. The van der Waals surface area contributed by atoms with Crippen LogP contribution < -0.4 is 0 Å². The van der Waals surface area contributed by atoms with Gasteiger partial charge in [-0.1, -0.05) is 0 Å². The lowest BCUT2D eigenvalue weighted by Gasteiger charge is -1.97. The molecular weight excluding hydrogens is 302 g/mol. The first-order chi connectivity index (χ1) is 6.24. The molecule has 2 aromatic rings. The summed E-state index contributed by atoms with van der Waals surface area (Å²) in [7, 11) is 0. The van der Waals surface area contributed by atoms with Crippen molar-refractivity contribution in [2.24, 2.45) is 0 Å². The van der Waals surface area contributed by atoms with Crippen molar-refractivity contribution < 1.29 is 4.39 Å². The van der Waals surface area contributed by atoms with Crippen LogP contribution in [0, 0.1) is 9.52 Å². The summed E-state index contributed by atoms with van der Waals surface area (Å²) >= 11 is 3.49. The van der Waals surface area contributed by atoms with Crippen molar-refractivity contribution in [3.8, 4) is 0 Å². The van der Waals surface area contributed by atoms with Crippen LogP contribution in [0.1, 0.15) is 0 Å². The first-order valence-electron chi connectivity index (χ1n) is 3.60. The molecule has 0 aliphatic rings. The lowest BCUT2D eigenvalue weighted by molar-refractivity contribution is 0.611. The molecule has 0 unspecified atom stereocenters. The Balaban J connectivity index is 2.80. The number of aromatic amines is 1. The molecule has 0 amide bonds. The van der Waals surface area contributed by atoms with Gasteiger partial charge >= 0.3 is 0 Å². The van der Waals surface area contributed by atoms with E-state index in [-0.39, 0.29) is 5.82 Å². The molecule has 13 heavy (non-hydrogen) atoms. The summed E-state index contributed by atoms with van der Waals surface area (Å²) in [6.45, 7) is 0. The number of hydrogen-bond acceptors (Lipinski definition) is 2. The molecule has 0 radical (unpaired) electrons. The summed E-state index contributed by atoms with van der Waals surface area (Å²) in [5, 5.41) is 7.51. The van der Waals surface area contributed by atoms with Crippen LogP contribution in [0.15, 0.2) is 17.0 Å². The first-order valence-corrected chi connectivity index (χ1v) is 5.90. The van der Waals surface area contributed by atoms with Gasteiger partial charge in [0.1, 0.15) is 9.22 Å². The van der Waals surface area contributed by atoms with E-state index in [9.17, 15) is 4.39 Å². The van der Waals surface area contributed by atoms with Crippen LogP contribution in [0.5, 0.6) is 0 Å². The minimum atomic E-state index is -0.232. The predicted molar refractivity (Wildman–Crippen MR) is 60.5 cm³/mol. The molecule has 68 valence electrons. The van der Waals surface area contributed by atoms with Gasteiger partial charge in [-0.15, -0.1) is 11.8 Å². The number of rotatable bonds is 1. The number of aromatic nitrogens is 2. The van der Waals surface area contributed by atoms with Crippen LogP contribution in [-0.4, -0.2) is 16.5 Å². The zero-order valence-corrected chi connectivity index (χ0v) is 9.74. The van der Waals surface area contributed by atoms with Gasteiger partial charge in [0.15, 0.2) is 5.82 Å². The van der Waals surface area contributed by atoms with Crippen LogP contribution >= 0.6 is 34.4 Å². The number of hydrogen-bond donors (Lipinski definition) is 1. The molecule has 0 aliphatic carbocycles. The lowest BCUT2D eigenvalue weighted by atomic mass is 10.2. The second kappa shape index (κ2) is 3.45. The molecule has 0 spiro atoms. The number of nitrogens with one attached hydrogen (secondary N) is 1. The Morgan fingerprint density at radius 2 is 2.31 bits per heavy atom. The molecule has 0 bridgehead atoms. The van der Waals surface area contributed by atoms with E-state index in [1.54, 1.807) is 6.07 Å². The molecular formula is C8H6FIN2S. The van der Waals surface area contributed by atoms with E-state index >= 15 is 0 Å². The Kier molecular flexibility index (Phi) is 2.46. The van der Waals surface area contributed by atoms with Crippen molar-refractivity contribution in [2.45, 2.75) is 4.90 Å². The third-order valence-corrected chi connectivity index (χ3v) is 3.38. The second-order valence-electron chi connectivity index (χ2n) is 2.52. The molecule has 0 saturated heterocycles. The summed E-state index contributed by atoms with van der Waals surface area (Å²) in [5.41, 5.74) is 0.427. The minimum absolute atomic E-state index is 0.232. The molecule has 0 saturated carbocycles. The van der Waals surface area contributed by atoms with Crippen LogP contribution in [0.4, 0.5) is 4.39 Å². The quantitative estimate of drug-likeness (QED) is 0.648. The van der Waals surface area contributed by atoms with Crippen molar-refractivity contribution in [3.63, 3.8) is 0 Å². The number of thioether (sulfide) groups is 1. The summed E-state index contributed by atoms with van der Waals surface area (Å²) < 4.78 is 14.5. The molecule has 0 fully saturated rings. The molecule has 1 aromatic carbocycles. The zero-order valence-electron chi connectivity index (χ0n) is 6.77. The fourth-order valence-corrected chi connectivity index (χ4v) is 2.19. The number of benzene rings is 1. The Morgan fingerprint density at radius 1 is 1.54 bits per heavy atom. The third kappa shape index (κ3) is 1.43. The van der Waals surface area contributed by atoms with Gasteiger partial charge in [-0.2, -0.15) is 5.10 Å². The first kappa shape index (κ1) is 9.26. The van der Waals surface area contributed by atoms with Crippen molar-refractivity contribution >= 4 is 45.3 Å². The fraction of sp³-hybridized carbons (Fsp3) is 0.125. The van der Waals surface area contributed by atoms with Crippen molar-refractivity contribution in [2.75, 3.05) is 6.26 Å². The molecule has 5 heteroatoms. The van der Waals surface area contributed by atoms with E-state index in [4.69, 9.17) is 0 Å². The topological polar surface area (TPSA) is 28.7 Å². The summed E-state index contributed by atoms with van der Waals surface area (Å²) in [6.07, 6.45) is 1.85. The highest BCUT2D eigenvalue weighted by Gasteiger charge is 2.10. The average molecular weight is 308 g/mol. The Labute approximate surface area is 92.4 Å². The van der Waals surface area contributed by atoms with E-state index in [2.05, 4.69) is 32.8 Å². The lowest BCUT2D eigenvalue weighted by Crippen LogP contribution is -1.82. The summed E-state index contributed by atoms with van der Waals surface area (Å²) in [4.78, 5) is 0.635. The third-order valence-electron chi connectivity index (χ3n) is 1.80. The minimum Gasteiger partial charge on any atom is -0.271 e. The SMILES string of the molecule is CSc1ccc2c(I)[nH]nc2c1F. The normalized spacial score (nSPS) is 11.0. The highest BCUT2D eigenvalue weighted by Crippen LogP contribution is 2.27. The van der Waals surface area contributed by atoms with Gasteiger partial charge in [-0.25, -0.2) is 4.39 Å². The monoisotopic (exact) mass is 308 g/mol.